The molecule has 6 aromatic rings. The van der Waals surface area contributed by atoms with E-state index < -0.39 is 0 Å². The minimum atomic E-state index is -0.0502. The van der Waals surface area contributed by atoms with Crippen LogP contribution in [0.25, 0.3) is 44.9 Å². The van der Waals surface area contributed by atoms with Gasteiger partial charge in [0.25, 0.3) is 0 Å². The number of aromatic nitrogens is 2. The van der Waals surface area contributed by atoms with E-state index in [9.17, 15) is 0 Å². The van der Waals surface area contributed by atoms with Crippen LogP contribution in [0, 0.1) is 5.92 Å². The van der Waals surface area contributed by atoms with Crippen LogP contribution in [0.4, 0.5) is 0 Å². The third-order valence-corrected chi connectivity index (χ3v) is 14.1. The van der Waals surface area contributed by atoms with E-state index in [0.717, 1.165) is 34.8 Å². The highest BCUT2D eigenvalue weighted by molar-refractivity contribution is 5.97. The second-order valence-electron chi connectivity index (χ2n) is 17.5. The van der Waals surface area contributed by atoms with Crippen molar-refractivity contribution in [3.8, 4) is 33.8 Å². The fraction of sp³-hybridized carbons (Fsp3) is 0.236. The Morgan fingerprint density at radius 1 is 0.614 bits per heavy atom. The van der Waals surface area contributed by atoms with Crippen LogP contribution in [0.5, 0.6) is 0 Å². The molecule has 0 amide bonds. The first-order valence-electron chi connectivity index (χ1n) is 21.1. The van der Waals surface area contributed by atoms with Crippen LogP contribution in [0.1, 0.15) is 97.7 Å². The predicted molar refractivity (Wildman–Crippen MR) is 236 cm³/mol. The van der Waals surface area contributed by atoms with Crippen LogP contribution in [0.15, 0.2) is 169 Å². The first kappa shape index (κ1) is 34.4. The van der Waals surface area contributed by atoms with Crippen molar-refractivity contribution in [3.05, 3.63) is 203 Å². The molecule has 1 saturated carbocycles. The Labute approximate surface area is 337 Å². The van der Waals surface area contributed by atoms with Gasteiger partial charge in [-0.2, -0.15) is 0 Å². The zero-order valence-electron chi connectivity index (χ0n) is 33.0. The minimum absolute atomic E-state index is 0.0502. The van der Waals surface area contributed by atoms with E-state index in [0.29, 0.717) is 11.8 Å². The molecule has 5 aromatic carbocycles. The Kier molecular flexibility index (Phi) is 8.07. The van der Waals surface area contributed by atoms with Gasteiger partial charge >= 0.3 is 0 Å². The van der Waals surface area contributed by atoms with Gasteiger partial charge in [-0.1, -0.05) is 191 Å². The van der Waals surface area contributed by atoms with Gasteiger partial charge in [-0.3, -0.25) is 0 Å². The van der Waals surface area contributed by atoms with Crippen molar-refractivity contribution in [1.82, 2.24) is 9.97 Å². The van der Waals surface area contributed by atoms with E-state index >= 15 is 0 Å². The van der Waals surface area contributed by atoms with Crippen LogP contribution in [0.3, 0.4) is 0 Å². The monoisotopic (exact) mass is 736 g/mol. The fourth-order valence-electron chi connectivity index (χ4n) is 11.3. The number of allylic oxidation sites excluding steroid dienone is 8. The van der Waals surface area contributed by atoms with Crippen molar-refractivity contribution in [1.29, 1.82) is 0 Å². The highest BCUT2D eigenvalue weighted by atomic mass is 14.9. The number of rotatable bonds is 5. The lowest BCUT2D eigenvalue weighted by Gasteiger charge is -2.42. The number of nitrogens with zero attached hydrogens (tertiary/aromatic N) is 2. The highest BCUT2D eigenvalue weighted by Gasteiger charge is 2.54. The SMILES string of the molecule is CC1(C)C2=CC3c4ccccc4C4(CCCCC4)C3C=C2c2c(C3=CCC(c4cc(-c5ccc(-c6ccccc6)cc5)nc(-c5ccccc5)n4)C=C3)cccc21. The van der Waals surface area contributed by atoms with Crippen molar-refractivity contribution < 1.29 is 0 Å². The Hall–Kier alpha value is -5.86. The zero-order valence-corrected chi connectivity index (χ0v) is 33.0. The first-order valence-corrected chi connectivity index (χ1v) is 21.1. The summed E-state index contributed by atoms with van der Waals surface area (Å²) in [5.41, 5.74) is 18.6. The van der Waals surface area contributed by atoms with Gasteiger partial charge in [-0.15, -0.1) is 0 Å². The molecule has 2 nitrogen and oxygen atoms in total. The molecule has 278 valence electrons. The molecular formula is C55H48N2. The molecule has 57 heavy (non-hydrogen) atoms. The van der Waals surface area contributed by atoms with Crippen LogP contribution in [-0.4, -0.2) is 9.97 Å². The number of fused-ring (bicyclic) bond motifs is 8. The van der Waals surface area contributed by atoms with Gasteiger partial charge in [0.2, 0.25) is 0 Å². The molecule has 3 atom stereocenters. The van der Waals surface area contributed by atoms with Crippen LogP contribution < -0.4 is 0 Å². The second kappa shape index (κ2) is 13.4. The molecule has 1 fully saturated rings. The second-order valence-corrected chi connectivity index (χ2v) is 17.5. The molecule has 1 spiro atoms. The minimum Gasteiger partial charge on any atom is -0.232 e. The molecule has 2 heteroatoms. The number of hydrogen-bond donors (Lipinski definition) is 0. The molecule has 0 radical (unpaired) electrons. The lowest BCUT2D eigenvalue weighted by atomic mass is 9.62. The van der Waals surface area contributed by atoms with Crippen molar-refractivity contribution in [2.75, 3.05) is 0 Å². The molecule has 11 rings (SSSR count). The molecule has 5 aliphatic carbocycles. The maximum absolute atomic E-state index is 5.23. The molecule has 5 aliphatic rings. The normalized spacial score (nSPS) is 22.1. The maximum atomic E-state index is 5.23. The Morgan fingerprint density at radius 3 is 2.05 bits per heavy atom. The van der Waals surface area contributed by atoms with Crippen molar-refractivity contribution >= 4 is 11.1 Å². The lowest BCUT2D eigenvalue weighted by molar-refractivity contribution is 0.233. The Morgan fingerprint density at radius 2 is 1.30 bits per heavy atom. The van der Waals surface area contributed by atoms with E-state index in [1.165, 1.54) is 76.6 Å². The van der Waals surface area contributed by atoms with Crippen molar-refractivity contribution in [2.45, 2.75) is 75.0 Å². The molecule has 3 unspecified atom stereocenters. The van der Waals surface area contributed by atoms with E-state index in [-0.39, 0.29) is 16.7 Å². The quantitative estimate of drug-likeness (QED) is 0.176. The summed E-state index contributed by atoms with van der Waals surface area (Å²) in [5, 5.41) is 0. The van der Waals surface area contributed by atoms with Gasteiger partial charge in [0, 0.05) is 33.8 Å². The molecule has 1 aromatic heterocycles. The van der Waals surface area contributed by atoms with Crippen LogP contribution in [0.2, 0.25) is 0 Å². The highest BCUT2D eigenvalue weighted by Crippen LogP contribution is 2.64. The fourth-order valence-corrected chi connectivity index (χ4v) is 11.3. The average molecular weight is 737 g/mol. The first-order chi connectivity index (χ1) is 28.0. The summed E-state index contributed by atoms with van der Waals surface area (Å²) < 4.78 is 0. The molecule has 0 saturated heterocycles. The molecule has 1 heterocycles. The smallest absolute Gasteiger partial charge is 0.160 e. The van der Waals surface area contributed by atoms with Gasteiger partial charge < -0.3 is 0 Å². The topological polar surface area (TPSA) is 25.8 Å². The maximum Gasteiger partial charge on any atom is 0.160 e. The Bertz CT molecular complexity index is 2650. The summed E-state index contributed by atoms with van der Waals surface area (Å²) in [5.74, 6) is 1.91. The number of hydrogen-bond acceptors (Lipinski definition) is 2. The van der Waals surface area contributed by atoms with E-state index in [4.69, 9.17) is 9.97 Å². The zero-order chi connectivity index (χ0) is 38.1. The standard InChI is InChI=1S/C55H48N2/c1-54(2)47-22-14-20-42(52(47)45-34-49-44(33-48(45)54)43-19-10-11-21-46(43)55(49)31-12-5-13-32-55)38-25-29-40(30-26-38)51-35-50(56-53(57-51)41-17-8-4-9-18-41)39-27-23-37(24-28-39)36-15-6-3-7-16-36/h3-4,6-11,14-29,33-35,40,44,49H,5,12-13,30-32H2,1-2H3. The van der Waals surface area contributed by atoms with E-state index in [2.05, 4.69) is 178 Å². The molecule has 0 bridgehead atoms. The van der Waals surface area contributed by atoms with Gasteiger partial charge in [0.1, 0.15) is 0 Å². The largest absolute Gasteiger partial charge is 0.232 e. The van der Waals surface area contributed by atoms with Crippen LogP contribution >= 0.6 is 0 Å². The summed E-state index contributed by atoms with van der Waals surface area (Å²) in [6, 6.07) is 48.5. The molecular weight excluding hydrogens is 689 g/mol. The summed E-state index contributed by atoms with van der Waals surface area (Å²) in [4.78, 5) is 10.4. The molecule has 0 N–H and O–H groups in total. The third-order valence-electron chi connectivity index (χ3n) is 14.1. The Balaban J connectivity index is 0.947. The van der Waals surface area contributed by atoms with Gasteiger partial charge in [0.15, 0.2) is 5.82 Å². The van der Waals surface area contributed by atoms with Crippen molar-refractivity contribution in [3.63, 3.8) is 0 Å². The van der Waals surface area contributed by atoms with Crippen LogP contribution in [-0.2, 0) is 10.8 Å². The lowest BCUT2D eigenvalue weighted by Crippen LogP contribution is -2.35. The summed E-state index contributed by atoms with van der Waals surface area (Å²) in [6.07, 6.45) is 20.2. The van der Waals surface area contributed by atoms with Gasteiger partial charge in [-0.05, 0) is 86.9 Å². The predicted octanol–water partition coefficient (Wildman–Crippen LogP) is 13.8. The average Bonchev–Trinajstić information content (AvgIpc) is 3.67. The van der Waals surface area contributed by atoms with E-state index in [1.807, 2.05) is 0 Å². The molecule has 0 aliphatic heterocycles. The van der Waals surface area contributed by atoms with Crippen molar-refractivity contribution in [2.24, 2.45) is 5.92 Å². The summed E-state index contributed by atoms with van der Waals surface area (Å²) in [6.45, 7) is 4.90. The summed E-state index contributed by atoms with van der Waals surface area (Å²) in [7, 11) is 0. The third kappa shape index (κ3) is 5.52. The van der Waals surface area contributed by atoms with E-state index in [1.54, 1.807) is 11.1 Å². The summed E-state index contributed by atoms with van der Waals surface area (Å²) >= 11 is 0. The van der Waals surface area contributed by atoms with Gasteiger partial charge in [-0.25, -0.2) is 9.97 Å². The number of benzene rings is 5. The van der Waals surface area contributed by atoms with Gasteiger partial charge in [0.05, 0.1) is 11.4 Å².